The van der Waals surface area contributed by atoms with E-state index in [-0.39, 0.29) is 53.0 Å². The van der Waals surface area contributed by atoms with Crippen molar-refractivity contribution in [3.05, 3.63) is 70.4 Å². The van der Waals surface area contributed by atoms with Gasteiger partial charge in [0.1, 0.15) is 11.6 Å². The van der Waals surface area contributed by atoms with Gasteiger partial charge in [-0.3, -0.25) is 9.59 Å². The first-order valence-corrected chi connectivity index (χ1v) is 12.5. The molecule has 1 heterocycles. The number of halogens is 5. The smallest absolute Gasteiger partial charge is 0.425 e. The quantitative estimate of drug-likeness (QED) is 0.231. The van der Waals surface area contributed by atoms with E-state index in [9.17, 15) is 27.9 Å². The lowest BCUT2D eigenvalue weighted by Gasteiger charge is -2.20. The summed E-state index contributed by atoms with van der Waals surface area (Å²) < 4.78 is 59.8. The van der Waals surface area contributed by atoms with Crippen LogP contribution in [-0.4, -0.2) is 51.3 Å². The molecule has 39 heavy (non-hydrogen) atoms. The number of Topliss-reactive ketones (excluding diaryl/α,β-unsaturated/α-hetero) is 1. The molecule has 0 fully saturated rings. The summed E-state index contributed by atoms with van der Waals surface area (Å²) in [5.74, 6) is -1.37. The van der Waals surface area contributed by atoms with E-state index in [1.165, 1.54) is 37.3 Å². The molecule has 2 aromatic carbocycles. The Morgan fingerprint density at radius 2 is 1.92 bits per heavy atom. The Kier molecular flexibility index (Phi) is 9.73. The summed E-state index contributed by atoms with van der Waals surface area (Å²) in [6, 6.07) is 7.55. The molecule has 0 radical (unpaired) electrons. The van der Waals surface area contributed by atoms with Crippen molar-refractivity contribution >= 4 is 23.3 Å². The van der Waals surface area contributed by atoms with Gasteiger partial charge in [-0.25, -0.2) is 9.37 Å². The van der Waals surface area contributed by atoms with Gasteiger partial charge in [-0.15, -0.1) is 0 Å². The molecule has 1 amide bonds. The van der Waals surface area contributed by atoms with Gasteiger partial charge in [-0.1, -0.05) is 17.7 Å². The number of amides is 1. The third kappa shape index (κ3) is 7.57. The average Bonchev–Trinajstić information content (AvgIpc) is 3.29. The molecule has 0 saturated heterocycles. The number of hydrogen-bond donors (Lipinski definition) is 2. The van der Waals surface area contributed by atoms with Crippen molar-refractivity contribution in [1.82, 2.24) is 14.9 Å². The van der Waals surface area contributed by atoms with Gasteiger partial charge < -0.3 is 19.7 Å². The van der Waals surface area contributed by atoms with Crippen LogP contribution in [0.2, 0.25) is 5.02 Å². The fourth-order valence-electron chi connectivity index (χ4n) is 3.89. The number of carbonyl (C=O) groups is 2. The molecule has 1 aromatic heterocycles. The molecule has 3 rings (SSSR count). The lowest BCUT2D eigenvalue weighted by Crippen LogP contribution is -2.37. The predicted molar refractivity (Wildman–Crippen MR) is 138 cm³/mol. The summed E-state index contributed by atoms with van der Waals surface area (Å²) >= 11 is 6.04. The minimum absolute atomic E-state index is 0.0734. The number of nitrogens with one attached hydrogen (secondary N) is 1. The highest BCUT2D eigenvalue weighted by Crippen LogP contribution is 2.31. The van der Waals surface area contributed by atoms with Crippen molar-refractivity contribution < 1.29 is 37.0 Å². The number of ether oxygens (including phenoxy) is 1. The maximum atomic E-state index is 15.0. The highest BCUT2D eigenvalue weighted by atomic mass is 35.5. The fraction of sp³-hybridized carbons (Fsp3) is 0.370. The molecular weight excluding hydrogens is 542 g/mol. The predicted octanol–water partition coefficient (Wildman–Crippen LogP) is 5.62. The van der Waals surface area contributed by atoms with Crippen molar-refractivity contribution in [2.45, 2.75) is 58.5 Å². The van der Waals surface area contributed by atoms with Crippen LogP contribution < -0.4 is 10.1 Å². The third-order valence-corrected chi connectivity index (χ3v) is 6.29. The summed E-state index contributed by atoms with van der Waals surface area (Å²) in [4.78, 5) is 28.9. The molecule has 210 valence electrons. The number of benzene rings is 2. The van der Waals surface area contributed by atoms with Crippen LogP contribution in [-0.2, 0) is 13.0 Å². The van der Waals surface area contributed by atoms with Gasteiger partial charge in [-0.05, 0) is 62.6 Å². The second-order valence-corrected chi connectivity index (χ2v) is 9.35. The van der Waals surface area contributed by atoms with E-state index in [1.54, 1.807) is 16.8 Å². The molecule has 7 nitrogen and oxygen atoms in total. The Bertz CT molecular complexity index is 1340. The summed E-state index contributed by atoms with van der Waals surface area (Å²) in [7, 11) is 0. The van der Waals surface area contributed by atoms with Crippen molar-refractivity contribution in [2.24, 2.45) is 0 Å². The zero-order valence-electron chi connectivity index (χ0n) is 21.5. The van der Waals surface area contributed by atoms with Crippen LogP contribution in [0.15, 0.2) is 42.6 Å². The van der Waals surface area contributed by atoms with Crippen LogP contribution in [0.4, 0.5) is 17.6 Å². The molecule has 0 spiro atoms. The van der Waals surface area contributed by atoms with E-state index < -0.39 is 30.0 Å². The first-order chi connectivity index (χ1) is 18.3. The maximum Gasteiger partial charge on any atom is 0.425 e. The van der Waals surface area contributed by atoms with Gasteiger partial charge >= 0.3 is 6.18 Å². The Hall–Kier alpha value is -3.44. The van der Waals surface area contributed by atoms with Crippen LogP contribution in [0.25, 0.3) is 11.3 Å². The topological polar surface area (TPSA) is 93.4 Å². The van der Waals surface area contributed by atoms with Gasteiger partial charge in [0, 0.05) is 43.4 Å². The number of aliphatic hydroxyl groups is 1. The lowest BCUT2D eigenvalue weighted by molar-refractivity contribution is -0.189. The van der Waals surface area contributed by atoms with Crippen LogP contribution >= 0.6 is 11.6 Å². The highest BCUT2D eigenvalue weighted by molar-refractivity contribution is 6.32. The monoisotopic (exact) mass is 569 g/mol. The normalized spacial score (nSPS) is 13.2. The van der Waals surface area contributed by atoms with Gasteiger partial charge in [0.2, 0.25) is 0 Å². The standard InChI is InChI=1S/C27H28ClF4N3O4/c1-4-35-14-23(34-25(35)15(2)37)20-7-5-17(12-22(20)29)11-19(9-10-36)33-26(38)18-6-8-24(21(28)13-18)39-16(3)27(30,31)32/h5-8,12-14,16,19,36H,4,9-11H2,1-3H3,(H,33,38). The highest BCUT2D eigenvalue weighted by Gasteiger charge is 2.38. The number of nitrogens with zero attached hydrogens (tertiary/aromatic N) is 2. The number of carbonyl (C=O) groups excluding carboxylic acids is 2. The van der Waals surface area contributed by atoms with Crippen LogP contribution in [0.3, 0.4) is 0 Å². The molecule has 3 aromatic rings. The minimum atomic E-state index is -4.58. The molecule has 0 bridgehead atoms. The summed E-state index contributed by atoms with van der Waals surface area (Å²) in [5.41, 5.74) is 1.15. The van der Waals surface area contributed by atoms with E-state index in [0.29, 0.717) is 17.8 Å². The van der Waals surface area contributed by atoms with Crippen LogP contribution in [0.5, 0.6) is 5.75 Å². The van der Waals surface area contributed by atoms with E-state index >= 15 is 4.39 Å². The van der Waals surface area contributed by atoms with Gasteiger partial charge in [0.15, 0.2) is 17.7 Å². The van der Waals surface area contributed by atoms with E-state index in [1.807, 2.05) is 6.92 Å². The Morgan fingerprint density at radius 1 is 1.21 bits per heavy atom. The number of ketones is 1. The molecule has 12 heteroatoms. The van der Waals surface area contributed by atoms with E-state index in [0.717, 1.165) is 6.92 Å². The Balaban J connectivity index is 1.73. The number of imidazole rings is 1. The summed E-state index contributed by atoms with van der Waals surface area (Å²) in [6.07, 6.45) is -4.72. The molecule has 0 saturated carbocycles. The molecule has 2 unspecified atom stereocenters. The zero-order chi connectivity index (χ0) is 28.9. The summed E-state index contributed by atoms with van der Waals surface area (Å²) in [6.45, 7) is 4.32. The Labute approximate surface area is 227 Å². The van der Waals surface area contributed by atoms with E-state index in [2.05, 4.69) is 10.3 Å². The van der Waals surface area contributed by atoms with Crippen LogP contribution in [0.1, 0.15) is 53.7 Å². The largest absolute Gasteiger partial charge is 0.480 e. The van der Waals surface area contributed by atoms with Crippen molar-refractivity contribution in [1.29, 1.82) is 0 Å². The number of alkyl halides is 3. The molecule has 0 aliphatic heterocycles. The minimum Gasteiger partial charge on any atom is -0.480 e. The van der Waals surface area contributed by atoms with Crippen molar-refractivity contribution in [2.75, 3.05) is 6.61 Å². The molecule has 0 aliphatic carbocycles. The first kappa shape index (κ1) is 30.1. The van der Waals surface area contributed by atoms with Crippen molar-refractivity contribution in [3.8, 4) is 17.0 Å². The average molecular weight is 570 g/mol. The SMILES string of the molecule is CCn1cc(-c2ccc(CC(CCO)NC(=O)c3ccc(OC(C)C(F)(F)F)c(Cl)c3)cc2F)nc1C(C)=O. The first-order valence-electron chi connectivity index (χ1n) is 12.2. The molecular formula is C27H28ClF4N3O4. The van der Waals surface area contributed by atoms with Gasteiger partial charge in [-0.2, -0.15) is 13.2 Å². The summed E-state index contributed by atoms with van der Waals surface area (Å²) in [5, 5.41) is 12.0. The van der Waals surface area contributed by atoms with Gasteiger partial charge in [0.05, 0.1) is 10.7 Å². The van der Waals surface area contributed by atoms with Crippen molar-refractivity contribution in [3.63, 3.8) is 0 Å². The number of hydrogen-bond acceptors (Lipinski definition) is 5. The zero-order valence-corrected chi connectivity index (χ0v) is 22.2. The molecule has 2 atom stereocenters. The number of rotatable bonds is 11. The molecule has 0 aliphatic rings. The van der Waals surface area contributed by atoms with Crippen LogP contribution in [0, 0.1) is 5.82 Å². The second-order valence-electron chi connectivity index (χ2n) is 8.94. The lowest BCUT2D eigenvalue weighted by atomic mass is 10.0. The van der Waals surface area contributed by atoms with E-state index in [4.69, 9.17) is 16.3 Å². The second kappa shape index (κ2) is 12.6. The number of aliphatic hydroxyl groups excluding tert-OH is 1. The third-order valence-electron chi connectivity index (χ3n) is 6.00. The fourth-order valence-corrected chi connectivity index (χ4v) is 4.12. The number of aromatic nitrogens is 2. The maximum absolute atomic E-state index is 15.0. The number of aryl methyl sites for hydroxylation is 1. The Morgan fingerprint density at radius 3 is 2.46 bits per heavy atom. The molecule has 2 N–H and O–H groups in total. The van der Waals surface area contributed by atoms with Gasteiger partial charge in [0.25, 0.3) is 5.91 Å².